The van der Waals surface area contributed by atoms with Gasteiger partial charge in [-0.1, -0.05) is 37.6 Å². The molecule has 0 amide bonds. The second-order valence-electron chi connectivity index (χ2n) is 7.29. The maximum Gasteiger partial charge on any atom is 0.337 e. The zero-order valence-electron chi connectivity index (χ0n) is 17.1. The van der Waals surface area contributed by atoms with Gasteiger partial charge in [-0.25, -0.2) is 4.79 Å². The molecule has 3 aromatic rings. The number of carbonyl (C=O) groups is 1. The van der Waals surface area contributed by atoms with Crippen molar-refractivity contribution in [2.24, 2.45) is 4.99 Å². The van der Waals surface area contributed by atoms with Crippen LogP contribution in [0.25, 0.3) is 5.69 Å². The lowest BCUT2D eigenvalue weighted by Crippen LogP contribution is -2.03. The Morgan fingerprint density at radius 2 is 1.86 bits per heavy atom. The van der Waals surface area contributed by atoms with Crippen molar-refractivity contribution < 1.29 is 9.90 Å². The van der Waals surface area contributed by atoms with Crippen LogP contribution >= 0.6 is 11.6 Å². The largest absolute Gasteiger partial charge is 0.478 e. The maximum absolute atomic E-state index is 11.4. The number of aliphatic imine (C=N–C) groups is 1. The quantitative estimate of drug-likeness (QED) is 0.461. The van der Waals surface area contributed by atoms with Gasteiger partial charge in [0.1, 0.15) is 0 Å². The van der Waals surface area contributed by atoms with E-state index < -0.39 is 5.97 Å². The number of aromatic nitrogens is 1. The van der Waals surface area contributed by atoms with Crippen molar-refractivity contribution in [1.82, 2.24) is 4.57 Å². The van der Waals surface area contributed by atoms with Gasteiger partial charge in [-0.3, -0.25) is 4.99 Å². The number of benzene rings is 2. The van der Waals surface area contributed by atoms with Gasteiger partial charge in [0.25, 0.3) is 0 Å². The molecule has 2 aromatic carbocycles. The van der Waals surface area contributed by atoms with Crippen LogP contribution < -0.4 is 0 Å². The molecular formula is C24H25ClN2O2. The summed E-state index contributed by atoms with van der Waals surface area (Å²) in [5, 5.41) is 9.57. The van der Waals surface area contributed by atoms with Crippen LogP contribution in [-0.4, -0.2) is 21.9 Å². The number of carboxylic acids is 1. The van der Waals surface area contributed by atoms with Gasteiger partial charge in [-0.15, -0.1) is 0 Å². The normalized spacial score (nSPS) is 12.4. The van der Waals surface area contributed by atoms with Gasteiger partial charge < -0.3 is 9.67 Å². The molecule has 0 radical (unpaired) electrons. The van der Waals surface area contributed by atoms with E-state index in [2.05, 4.69) is 31.0 Å². The number of hydrogen-bond acceptors (Lipinski definition) is 2. The predicted octanol–water partition coefficient (Wildman–Crippen LogP) is 6.71. The molecule has 0 saturated heterocycles. The van der Waals surface area contributed by atoms with Gasteiger partial charge in [-0.2, -0.15) is 0 Å². The van der Waals surface area contributed by atoms with Crippen molar-refractivity contribution in [3.8, 4) is 5.69 Å². The Balaban J connectivity index is 1.91. The van der Waals surface area contributed by atoms with Gasteiger partial charge in [-0.05, 0) is 68.1 Å². The number of aromatic carboxylic acids is 1. The van der Waals surface area contributed by atoms with E-state index in [0.29, 0.717) is 5.92 Å². The van der Waals surface area contributed by atoms with Crippen molar-refractivity contribution in [2.45, 2.75) is 40.0 Å². The fraction of sp³-hybridized carbons (Fsp3) is 0.250. The molecular weight excluding hydrogens is 384 g/mol. The van der Waals surface area contributed by atoms with Crippen LogP contribution in [0.1, 0.15) is 59.1 Å². The highest BCUT2D eigenvalue weighted by atomic mass is 35.5. The first kappa shape index (κ1) is 20.9. The monoisotopic (exact) mass is 408 g/mol. The lowest BCUT2D eigenvalue weighted by molar-refractivity contribution is 0.0697. The molecule has 5 heteroatoms. The van der Waals surface area contributed by atoms with E-state index in [1.807, 2.05) is 48.9 Å². The lowest BCUT2D eigenvalue weighted by atomic mass is 9.99. The molecule has 0 saturated carbocycles. The van der Waals surface area contributed by atoms with Crippen molar-refractivity contribution in [1.29, 1.82) is 0 Å². The van der Waals surface area contributed by atoms with Gasteiger partial charge in [0, 0.05) is 28.9 Å². The second-order valence-corrected chi connectivity index (χ2v) is 7.70. The van der Waals surface area contributed by atoms with E-state index in [-0.39, 0.29) is 10.6 Å². The molecule has 0 aliphatic rings. The van der Waals surface area contributed by atoms with E-state index in [9.17, 15) is 9.90 Å². The minimum atomic E-state index is -1.04. The van der Waals surface area contributed by atoms with E-state index >= 15 is 0 Å². The Kier molecular flexibility index (Phi) is 6.23. The molecule has 0 spiro atoms. The van der Waals surface area contributed by atoms with E-state index in [4.69, 9.17) is 11.6 Å². The molecule has 0 unspecified atom stereocenters. The fourth-order valence-corrected chi connectivity index (χ4v) is 3.60. The Hall–Kier alpha value is -2.85. The number of rotatable bonds is 6. The molecule has 1 aromatic heterocycles. The molecule has 3 rings (SSSR count). The van der Waals surface area contributed by atoms with Crippen LogP contribution in [0.4, 0.5) is 5.69 Å². The number of aryl methyl sites for hydroxylation is 1. The standard InChI is InChI=1S/C24H25ClN2O2/c1-5-15(2)18-6-8-20(9-7-18)26-14-19-12-16(3)27(17(19)4)21-10-11-23(25)22(13-21)24(28)29/h6-15H,5H2,1-4H3,(H,28,29)/t15-/m0/s1. The molecule has 4 nitrogen and oxygen atoms in total. The highest BCUT2D eigenvalue weighted by molar-refractivity contribution is 6.33. The summed E-state index contributed by atoms with van der Waals surface area (Å²) in [6.45, 7) is 8.39. The first-order valence-electron chi connectivity index (χ1n) is 9.68. The van der Waals surface area contributed by atoms with Crippen molar-refractivity contribution in [3.05, 3.63) is 81.6 Å². The molecule has 1 atom stereocenters. The van der Waals surface area contributed by atoms with Gasteiger partial charge in [0.15, 0.2) is 0 Å². The van der Waals surface area contributed by atoms with Crippen molar-refractivity contribution >= 4 is 29.5 Å². The lowest BCUT2D eigenvalue weighted by Gasteiger charge is -2.11. The minimum absolute atomic E-state index is 0.0910. The van der Waals surface area contributed by atoms with E-state index in [1.165, 1.54) is 5.56 Å². The zero-order valence-corrected chi connectivity index (χ0v) is 17.9. The van der Waals surface area contributed by atoms with Gasteiger partial charge in [0.05, 0.1) is 16.3 Å². The third kappa shape index (κ3) is 4.43. The predicted molar refractivity (Wildman–Crippen MR) is 120 cm³/mol. The van der Waals surface area contributed by atoms with Gasteiger partial charge >= 0.3 is 5.97 Å². The summed E-state index contributed by atoms with van der Waals surface area (Å²) in [7, 11) is 0. The van der Waals surface area contributed by atoms with Crippen molar-refractivity contribution in [2.75, 3.05) is 0 Å². The zero-order chi connectivity index (χ0) is 21.1. The molecule has 0 aliphatic carbocycles. The fourth-order valence-electron chi connectivity index (χ4n) is 3.40. The van der Waals surface area contributed by atoms with E-state index in [1.54, 1.807) is 12.1 Å². The molecule has 1 N–H and O–H groups in total. The maximum atomic E-state index is 11.4. The SMILES string of the molecule is CC[C@H](C)c1ccc(N=Cc2cc(C)n(-c3ccc(Cl)c(C(=O)O)c3)c2C)cc1. The first-order chi connectivity index (χ1) is 13.8. The molecule has 0 aliphatic heterocycles. The topological polar surface area (TPSA) is 54.6 Å². The summed E-state index contributed by atoms with van der Waals surface area (Å²) in [6, 6.07) is 15.4. The molecule has 29 heavy (non-hydrogen) atoms. The number of nitrogens with zero attached hydrogens (tertiary/aromatic N) is 2. The summed E-state index contributed by atoms with van der Waals surface area (Å²) in [6.07, 6.45) is 2.97. The summed E-state index contributed by atoms with van der Waals surface area (Å²) in [5.74, 6) is -0.496. The Morgan fingerprint density at radius 1 is 1.17 bits per heavy atom. The van der Waals surface area contributed by atoms with E-state index in [0.717, 1.165) is 34.7 Å². The van der Waals surface area contributed by atoms with Crippen LogP contribution in [0, 0.1) is 13.8 Å². The number of halogens is 1. The highest BCUT2D eigenvalue weighted by Gasteiger charge is 2.14. The van der Waals surface area contributed by atoms with Crippen LogP contribution in [0.15, 0.2) is 53.5 Å². The number of hydrogen-bond donors (Lipinski definition) is 1. The Labute approximate surface area is 176 Å². The molecule has 0 fully saturated rings. The third-order valence-corrected chi connectivity index (χ3v) is 5.67. The van der Waals surface area contributed by atoms with Crippen LogP contribution in [0.5, 0.6) is 0 Å². The summed E-state index contributed by atoms with van der Waals surface area (Å²) >= 11 is 6.01. The molecule has 150 valence electrons. The third-order valence-electron chi connectivity index (χ3n) is 5.34. The first-order valence-corrected chi connectivity index (χ1v) is 10.1. The van der Waals surface area contributed by atoms with Crippen LogP contribution in [-0.2, 0) is 0 Å². The highest BCUT2D eigenvalue weighted by Crippen LogP contribution is 2.25. The van der Waals surface area contributed by atoms with Crippen molar-refractivity contribution in [3.63, 3.8) is 0 Å². The van der Waals surface area contributed by atoms with Gasteiger partial charge in [0.2, 0.25) is 0 Å². The summed E-state index contributed by atoms with van der Waals surface area (Å²) in [4.78, 5) is 16.0. The summed E-state index contributed by atoms with van der Waals surface area (Å²) < 4.78 is 2.01. The van der Waals surface area contributed by atoms with Crippen LogP contribution in [0.3, 0.4) is 0 Å². The Morgan fingerprint density at radius 3 is 2.48 bits per heavy atom. The average molecular weight is 409 g/mol. The number of carboxylic acid groups (broad SMARTS) is 1. The average Bonchev–Trinajstić information content (AvgIpc) is 2.99. The minimum Gasteiger partial charge on any atom is -0.478 e. The van der Waals surface area contributed by atoms with Crippen LogP contribution in [0.2, 0.25) is 5.02 Å². The smallest absolute Gasteiger partial charge is 0.337 e. The molecule has 1 heterocycles. The Bertz CT molecular complexity index is 1070. The summed E-state index contributed by atoms with van der Waals surface area (Å²) in [5.41, 5.74) is 6.05. The molecule has 0 bridgehead atoms. The second kappa shape index (κ2) is 8.66.